The first kappa shape index (κ1) is 15.6. The zero-order chi connectivity index (χ0) is 15.4. The minimum absolute atomic E-state index is 0.0392. The van der Waals surface area contributed by atoms with Gasteiger partial charge in [-0.15, -0.1) is 0 Å². The molecule has 0 bridgehead atoms. The Morgan fingerprint density at radius 3 is 2.29 bits per heavy atom. The Bertz CT molecular complexity index is 615. The standard InChI is InChI=1S/C17H19NO2S/c1-12(19)14-6-4-13(5-7-14)10-16(20)17(18(2)3)15-8-9-21-11-15/h4-9,11,17H,10H2,1-3H3. The van der Waals surface area contributed by atoms with Crippen LogP contribution in [0, 0.1) is 0 Å². The molecule has 21 heavy (non-hydrogen) atoms. The third-order valence-electron chi connectivity index (χ3n) is 3.42. The van der Waals surface area contributed by atoms with Gasteiger partial charge in [0.2, 0.25) is 0 Å². The quantitative estimate of drug-likeness (QED) is 0.768. The van der Waals surface area contributed by atoms with E-state index >= 15 is 0 Å². The molecule has 0 aliphatic carbocycles. The molecule has 1 aromatic carbocycles. The molecule has 3 nitrogen and oxygen atoms in total. The lowest BCUT2D eigenvalue weighted by atomic mass is 9.98. The van der Waals surface area contributed by atoms with Crippen molar-refractivity contribution in [2.75, 3.05) is 14.1 Å². The van der Waals surface area contributed by atoms with Crippen molar-refractivity contribution in [3.05, 3.63) is 57.8 Å². The fraction of sp³-hybridized carbons (Fsp3) is 0.294. The average molecular weight is 301 g/mol. The van der Waals surface area contributed by atoms with Crippen molar-refractivity contribution in [2.24, 2.45) is 0 Å². The summed E-state index contributed by atoms with van der Waals surface area (Å²) in [4.78, 5) is 25.8. The molecular formula is C17H19NO2S. The van der Waals surface area contributed by atoms with Gasteiger partial charge in [-0.3, -0.25) is 14.5 Å². The first-order valence-corrected chi connectivity index (χ1v) is 7.74. The molecular weight excluding hydrogens is 282 g/mol. The normalized spacial score (nSPS) is 12.4. The Balaban J connectivity index is 2.14. The Hall–Kier alpha value is -1.78. The van der Waals surface area contributed by atoms with E-state index in [-0.39, 0.29) is 17.6 Å². The summed E-state index contributed by atoms with van der Waals surface area (Å²) in [5.74, 6) is 0.200. The molecule has 1 unspecified atom stereocenters. The van der Waals surface area contributed by atoms with Gasteiger partial charge in [0.1, 0.15) is 0 Å². The predicted octanol–water partition coefficient (Wildman–Crippen LogP) is 3.37. The van der Waals surface area contributed by atoms with Crippen LogP contribution in [0.15, 0.2) is 41.1 Å². The molecule has 0 amide bonds. The van der Waals surface area contributed by atoms with Crippen molar-refractivity contribution in [1.82, 2.24) is 4.90 Å². The number of benzene rings is 1. The van der Waals surface area contributed by atoms with Crippen LogP contribution in [-0.4, -0.2) is 30.6 Å². The van der Waals surface area contributed by atoms with Gasteiger partial charge in [0.05, 0.1) is 6.04 Å². The summed E-state index contributed by atoms with van der Waals surface area (Å²) in [5, 5.41) is 4.00. The largest absolute Gasteiger partial charge is 0.297 e. The summed E-state index contributed by atoms with van der Waals surface area (Å²) in [6.07, 6.45) is 0.372. The van der Waals surface area contributed by atoms with E-state index in [4.69, 9.17) is 0 Å². The first-order valence-electron chi connectivity index (χ1n) is 6.80. The molecule has 0 aliphatic heterocycles. The molecule has 0 fully saturated rings. The Kier molecular flexibility index (Phi) is 5.04. The highest BCUT2D eigenvalue weighted by Gasteiger charge is 2.23. The van der Waals surface area contributed by atoms with Crippen molar-refractivity contribution >= 4 is 22.9 Å². The van der Waals surface area contributed by atoms with Crippen LogP contribution in [-0.2, 0) is 11.2 Å². The highest BCUT2D eigenvalue weighted by molar-refractivity contribution is 7.08. The Morgan fingerprint density at radius 2 is 1.81 bits per heavy atom. The van der Waals surface area contributed by atoms with Gasteiger partial charge in [-0.05, 0) is 49.0 Å². The molecule has 110 valence electrons. The van der Waals surface area contributed by atoms with Gasteiger partial charge < -0.3 is 0 Å². The monoisotopic (exact) mass is 301 g/mol. The van der Waals surface area contributed by atoms with Gasteiger partial charge in [-0.25, -0.2) is 0 Å². The van der Waals surface area contributed by atoms with Crippen molar-refractivity contribution < 1.29 is 9.59 Å². The van der Waals surface area contributed by atoms with Crippen LogP contribution in [0.2, 0.25) is 0 Å². The Labute approximate surface area is 129 Å². The number of hydrogen-bond acceptors (Lipinski definition) is 4. The molecule has 0 saturated heterocycles. The predicted molar refractivity (Wildman–Crippen MR) is 85.9 cm³/mol. The maximum absolute atomic E-state index is 12.6. The lowest BCUT2D eigenvalue weighted by molar-refractivity contribution is -0.123. The fourth-order valence-corrected chi connectivity index (χ4v) is 3.04. The van der Waals surface area contributed by atoms with Crippen molar-refractivity contribution in [1.29, 1.82) is 0 Å². The smallest absolute Gasteiger partial charge is 0.159 e. The SMILES string of the molecule is CC(=O)c1ccc(CC(=O)C(c2ccsc2)N(C)C)cc1. The third-order valence-corrected chi connectivity index (χ3v) is 4.12. The highest BCUT2D eigenvalue weighted by Crippen LogP contribution is 2.23. The maximum Gasteiger partial charge on any atom is 0.159 e. The van der Waals surface area contributed by atoms with Crippen LogP contribution < -0.4 is 0 Å². The third kappa shape index (κ3) is 3.86. The van der Waals surface area contributed by atoms with Gasteiger partial charge in [0, 0.05) is 12.0 Å². The second-order valence-electron chi connectivity index (χ2n) is 5.32. The van der Waals surface area contributed by atoms with Crippen LogP contribution in [0.5, 0.6) is 0 Å². The van der Waals surface area contributed by atoms with E-state index in [0.29, 0.717) is 12.0 Å². The number of hydrogen-bond donors (Lipinski definition) is 0. The van der Waals surface area contributed by atoms with Gasteiger partial charge in [-0.2, -0.15) is 11.3 Å². The first-order chi connectivity index (χ1) is 9.99. The van der Waals surface area contributed by atoms with Crippen molar-refractivity contribution in [3.63, 3.8) is 0 Å². The van der Waals surface area contributed by atoms with Gasteiger partial charge in [0.15, 0.2) is 11.6 Å². The van der Waals surface area contributed by atoms with Gasteiger partial charge >= 0.3 is 0 Å². The molecule has 4 heteroatoms. The minimum atomic E-state index is -0.219. The number of carbonyl (C=O) groups is 2. The molecule has 1 atom stereocenters. The second-order valence-corrected chi connectivity index (χ2v) is 6.10. The highest BCUT2D eigenvalue weighted by atomic mass is 32.1. The zero-order valence-corrected chi connectivity index (χ0v) is 13.3. The summed E-state index contributed by atoms with van der Waals surface area (Å²) in [7, 11) is 3.83. The second kappa shape index (κ2) is 6.78. The van der Waals surface area contributed by atoms with Crippen molar-refractivity contribution in [3.8, 4) is 0 Å². The molecule has 0 aliphatic rings. The molecule has 0 saturated carbocycles. The number of ketones is 2. The average Bonchev–Trinajstić information content (AvgIpc) is 2.92. The minimum Gasteiger partial charge on any atom is -0.297 e. The van der Waals surface area contributed by atoms with Crippen LogP contribution in [0.4, 0.5) is 0 Å². The zero-order valence-electron chi connectivity index (χ0n) is 12.5. The maximum atomic E-state index is 12.6. The van der Waals surface area contributed by atoms with E-state index in [0.717, 1.165) is 11.1 Å². The van der Waals surface area contributed by atoms with Crippen LogP contribution in [0.1, 0.15) is 34.5 Å². The number of thiophene rings is 1. The van der Waals surface area contributed by atoms with Crippen LogP contribution >= 0.6 is 11.3 Å². The lowest BCUT2D eigenvalue weighted by Crippen LogP contribution is -2.28. The van der Waals surface area contributed by atoms with Gasteiger partial charge in [-0.1, -0.05) is 24.3 Å². The molecule has 2 rings (SSSR count). The van der Waals surface area contributed by atoms with Gasteiger partial charge in [0.25, 0.3) is 0 Å². The summed E-state index contributed by atoms with van der Waals surface area (Å²) in [6.45, 7) is 1.54. The van der Waals surface area contributed by atoms with E-state index in [1.165, 1.54) is 0 Å². The van der Waals surface area contributed by atoms with E-state index in [9.17, 15) is 9.59 Å². The molecule has 2 aromatic rings. The number of nitrogens with zero attached hydrogens (tertiary/aromatic N) is 1. The summed E-state index contributed by atoms with van der Waals surface area (Å²) in [5.41, 5.74) is 2.65. The van der Waals surface area contributed by atoms with Crippen molar-refractivity contribution in [2.45, 2.75) is 19.4 Å². The van der Waals surface area contributed by atoms with E-state index in [2.05, 4.69) is 0 Å². The van der Waals surface area contributed by atoms with Crippen LogP contribution in [0.25, 0.3) is 0 Å². The number of likely N-dealkylation sites (N-methyl/N-ethyl adjacent to an activating group) is 1. The molecule has 0 spiro atoms. The molecule has 0 N–H and O–H groups in total. The Morgan fingerprint density at radius 1 is 1.14 bits per heavy atom. The fourth-order valence-electron chi connectivity index (χ4n) is 2.36. The molecule has 0 radical (unpaired) electrons. The van der Waals surface area contributed by atoms with E-state index in [1.54, 1.807) is 30.4 Å². The van der Waals surface area contributed by atoms with E-state index < -0.39 is 0 Å². The van der Waals surface area contributed by atoms with Crippen LogP contribution in [0.3, 0.4) is 0 Å². The lowest BCUT2D eigenvalue weighted by Gasteiger charge is -2.22. The topological polar surface area (TPSA) is 37.4 Å². The number of rotatable bonds is 6. The summed E-state index contributed by atoms with van der Waals surface area (Å²) < 4.78 is 0. The summed E-state index contributed by atoms with van der Waals surface area (Å²) >= 11 is 1.60. The van der Waals surface area contributed by atoms with E-state index in [1.807, 2.05) is 48.0 Å². The molecule has 1 aromatic heterocycles. The number of Topliss-reactive ketones (excluding diaryl/α,β-unsaturated/α-hetero) is 2. The number of carbonyl (C=O) groups excluding carboxylic acids is 2. The summed E-state index contributed by atoms with van der Waals surface area (Å²) in [6, 6.07) is 9.04. The molecule has 1 heterocycles.